The topological polar surface area (TPSA) is 55.4 Å². The zero-order chi connectivity index (χ0) is 15.2. The highest BCUT2D eigenvalue weighted by Crippen LogP contribution is 2.11. The number of ether oxygens (including phenoxy) is 1. The molecule has 0 radical (unpaired) electrons. The summed E-state index contributed by atoms with van der Waals surface area (Å²) in [5, 5.41) is 2.58. The van der Waals surface area contributed by atoms with Crippen molar-refractivity contribution in [2.45, 2.75) is 52.2 Å². The second-order valence-electron chi connectivity index (χ2n) is 5.85. The predicted octanol–water partition coefficient (Wildman–Crippen LogP) is 3.02. The Hall–Kier alpha value is -1.84. The third-order valence-electron chi connectivity index (χ3n) is 2.85. The van der Waals surface area contributed by atoms with E-state index < -0.39 is 17.7 Å². The van der Waals surface area contributed by atoms with E-state index in [0.29, 0.717) is 6.42 Å². The fourth-order valence-electron chi connectivity index (χ4n) is 1.83. The molecule has 0 saturated heterocycles. The van der Waals surface area contributed by atoms with Gasteiger partial charge in [-0.2, -0.15) is 0 Å². The van der Waals surface area contributed by atoms with E-state index in [2.05, 4.69) is 5.32 Å². The maximum absolute atomic E-state index is 11.6. The first-order chi connectivity index (χ1) is 9.31. The number of aryl methyl sites for hydroxylation is 2. The van der Waals surface area contributed by atoms with E-state index in [4.69, 9.17) is 4.74 Å². The molecule has 0 fully saturated rings. The monoisotopic (exact) mass is 277 g/mol. The second-order valence-corrected chi connectivity index (χ2v) is 5.85. The molecule has 20 heavy (non-hydrogen) atoms. The summed E-state index contributed by atoms with van der Waals surface area (Å²) >= 11 is 0. The largest absolute Gasteiger partial charge is 0.444 e. The Labute approximate surface area is 120 Å². The number of alkyl carbamates (subject to hydrolysis) is 1. The van der Waals surface area contributed by atoms with Crippen LogP contribution in [0.3, 0.4) is 0 Å². The number of amides is 1. The van der Waals surface area contributed by atoms with Gasteiger partial charge in [0.25, 0.3) is 0 Å². The molecule has 0 aliphatic rings. The van der Waals surface area contributed by atoms with Gasteiger partial charge >= 0.3 is 6.09 Å². The van der Waals surface area contributed by atoms with Crippen LogP contribution in [-0.2, 0) is 16.0 Å². The van der Waals surface area contributed by atoms with Gasteiger partial charge in [0.2, 0.25) is 0 Å². The van der Waals surface area contributed by atoms with E-state index in [1.165, 1.54) is 11.1 Å². The van der Waals surface area contributed by atoms with Crippen LogP contribution in [0.4, 0.5) is 4.79 Å². The highest BCUT2D eigenvalue weighted by atomic mass is 16.6. The van der Waals surface area contributed by atoms with Gasteiger partial charge in [-0.15, -0.1) is 0 Å². The molecular weight excluding hydrogens is 254 g/mol. The molecule has 1 atom stereocenters. The molecule has 1 rings (SSSR count). The van der Waals surface area contributed by atoms with Crippen LogP contribution in [0.25, 0.3) is 0 Å². The van der Waals surface area contributed by atoms with Crippen molar-refractivity contribution in [3.8, 4) is 0 Å². The van der Waals surface area contributed by atoms with Gasteiger partial charge in [-0.05, 0) is 51.7 Å². The predicted molar refractivity (Wildman–Crippen MR) is 78.7 cm³/mol. The molecule has 1 aromatic carbocycles. The molecule has 0 aliphatic carbocycles. The zero-order valence-electron chi connectivity index (χ0n) is 12.6. The van der Waals surface area contributed by atoms with Crippen LogP contribution in [0.15, 0.2) is 24.3 Å². The van der Waals surface area contributed by atoms with Crippen LogP contribution in [0.1, 0.15) is 38.3 Å². The van der Waals surface area contributed by atoms with Gasteiger partial charge in [0, 0.05) is 0 Å². The van der Waals surface area contributed by atoms with Crippen molar-refractivity contribution in [1.29, 1.82) is 0 Å². The summed E-state index contributed by atoms with van der Waals surface area (Å²) in [6, 6.07) is 7.50. The van der Waals surface area contributed by atoms with E-state index in [-0.39, 0.29) is 0 Å². The molecule has 4 nitrogen and oxygen atoms in total. The zero-order valence-corrected chi connectivity index (χ0v) is 12.6. The summed E-state index contributed by atoms with van der Waals surface area (Å²) in [4.78, 5) is 22.7. The molecule has 1 N–H and O–H groups in total. The van der Waals surface area contributed by atoms with Crippen molar-refractivity contribution in [2.24, 2.45) is 0 Å². The number of hydrogen-bond acceptors (Lipinski definition) is 3. The minimum absolute atomic E-state index is 0.524. The summed E-state index contributed by atoms with van der Waals surface area (Å²) in [6.45, 7) is 7.40. The van der Waals surface area contributed by atoms with E-state index in [9.17, 15) is 9.59 Å². The molecule has 0 heterocycles. The number of rotatable bonds is 5. The normalized spacial score (nSPS) is 12.6. The number of aldehydes is 1. The van der Waals surface area contributed by atoms with Gasteiger partial charge in [-0.1, -0.05) is 24.3 Å². The Morgan fingerprint density at radius 2 is 2.00 bits per heavy atom. The number of hydrogen-bond donors (Lipinski definition) is 1. The average Bonchev–Trinajstić information content (AvgIpc) is 2.34. The summed E-state index contributed by atoms with van der Waals surface area (Å²) in [5.74, 6) is 0. The molecule has 110 valence electrons. The molecule has 1 aromatic rings. The quantitative estimate of drug-likeness (QED) is 0.842. The number of benzene rings is 1. The van der Waals surface area contributed by atoms with Gasteiger partial charge in [0.1, 0.15) is 11.9 Å². The van der Waals surface area contributed by atoms with E-state index >= 15 is 0 Å². The van der Waals surface area contributed by atoms with Crippen molar-refractivity contribution in [2.75, 3.05) is 0 Å². The summed E-state index contributed by atoms with van der Waals surface area (Å²) in [7, 11) is 0. The van der Waals surface area contributed by atoms with Crippen molar-refractivity contribution in [3.05, 3.63) is 35.4 Å². The first-order valence-corrected chi connectivity index (χ1v) is 6.81. The number of carbonyl (C=O) groups excluding carboxylic acids is 2. The maximum Gasteiger partial charge on any atom is 0.408 e. The third kappa shape index (κ3) is 5.87. The molecule has 4 heteroatoms. The Morgan fingerprint density at radius 3 is 2.55 bits per heavy atom. The van der Waals surface area contributed by atoms with Gasteiger partial charge in [-0.25, -0.2) is 4.79 Å². The fourth-order valence-corrected chi connectivity index (χ4v) is 1.83. The van der Waals surface area contributed by atoms with E-state index in [0.717, 1.165) is 12.7 Å². The van der Waals surface area contributed by atoms with Crippen LogP contribution >= 0.6 is 0 Å². The van der Waals surface area contributed by atoms with Crippen LogP contribution in [-0.4, -0.2) is 24.0 Å². The molecule has 1 unspecified atom stereocenters. The van der Waals surface area contributed by atoms with Crippen molar-refractivity contribution in [3.63, 3.8) is 0 Å². The number of carbonyl (C=O) groups is 2. The summed E-state index contributed by atoms with van der Waals surface area (Å²) in [6.07, 6.45) is 1.50. The van der Waals surface area contributed by atoms with Crippen LogP contribution < -0.4 is 5.32 Å². The molecule has 0 bridgehead atoms. The molecule has 0 aliphatic heterocycles. The first-order valence-electron chi connectivity index (χ1n) is 6.81. The minimum atomic E-state index is -0.562. The van der Waals surface area contributed by atoms with Gasteiger partial charge in [0.05, 0.1) is 6.04 Å². The smallest absolute Gasteiger partial charge is 0.408 e. The number of nitrogens with one attached hydrogen (secondary N) is 1. The van der Waals surface area contributed by atoms with Gasteiger partial charge < -0.3 is 14.8 Å². The molecular formula is C16H23NO3. The lowest BCUT2D eigenvalue weighted by Crippen LogP contribution is -2.40. The highest BCUT2D eigenvalue weighted by Gasteiger charge is 2.19. The SMILES string of the molecule is Cc1ccccc1CCC(C=O)NC(=O)OC(C)(C)C. The van der Waals surface area contributed by atoms with Crippen LogP contribution in [0, 0.1) is 6.92 Å². The molecule has 0 aromatic heterocycles. The minimum Gasteiger partial charge on any atom is -0.444 e. The van der Waals surface area contributed by atoms with E-state index in [1.807, 2.05) is 31.2 Å². The highest BCUT2D eigenvalue weighted by molar-refractivity contribution is 5.73. The lowest BCUT2D eigenvalue weighted by atomic mass is 10.0. The van der Waals surface area contributed by atoms with Crippen LogP contribution in [0.2, 0.25) is 0 Å². The average molecular weight is 277 g/mol. The van der Waals surface area contributed by atoms with E-state index in [1.54, 1.807) is 20.8 Å². The Balaban J connectivity index is 2.50. The maximum atomic E-state index is 11.6. The second kappa shape index (κ2) is 7.08. The Morgan fingerprint density at radius 1 is 1.35 bits per heavy atom. The fraction of sp³-hybridized carbons (Fsp3) is 0.500. The molecule has 0 spiro atoms. The summed E-state index contributed by atoms with van der Waals surface area (Å²) < 4.78 is 5.14. The molecule has 1 amide bonds. The van der Waals surface area contributed by atoms with Gasteiger partial charge in [0.15, 0.2) is 0 Å². The lowest BCUT2D eigenvalue weighted by molar-refractivity contribution is -0.109. The first kappa shape index (κ1) is 16.2. The van der Waals surface area contributed by atoms with Crippen molar-refractivity contribution >= 4 is 12.4 Å². The Kier molecular flexibility index (Phi) is 5.74. The van der Waals surface area contributed by atoms with Crippen molar-refractivity contribution in [1.82, 2.24) is 5.32 Å². The molecule has 0 saturated carbocycles. The lowest BCUT2D eigenvalue weighted by Gasteiger charge is -2.21. The third-order valence-corrected chi connectivity index (χ3v) is 2.85. The van der Waals surface area contributed by atoms with Crippen LogP contribution in [0.5, 0.6) is 0 Å². The summed E-state index contributed by atoms with van der Waals surface area (Å²) in [5.41, 5.74) is 1.81. The van der Waals surface area contributed by atoms with Gasteiger partial charge in [-0.3, -0.25) is 0 Å². The Bertz CT molecular complexity index is 463. The standard InChI is InChI=1S/C16H23NO3/c1-12-7-5-6-8-13(12)9-10-14(11-18)17-15(19)20-16(2,3)4/h5-8,11,14H,9-10H2,1-4H3,(H,17,19). The van der Waals surface area contributed by atoms with Crippen molar-refractivity contribution < 1.29 is 14.3 Å².